The summed E-state index contributed by atoms with van der Waals surface area (Å²) in [6, 6.07) is 3.89. The van der Waals surface area contributed by atoms with Crippen LogP contribution in [0.5, 0.6) is 11.5 Å². The number of benzene rings is 1. The molecule has 1 aromatic carbocycles. The van der Waals surface area contributed by atoms with E-state index in [0.717, 1.165) is 0 Å². The van der Waals surface area contributed by atoms with Crippen molar-refractivity contribution in [1.29, 1.82) is 0 Å². The normalized spacial score (nSPS) is 10.5. The van der Waals surface area contributed by atoms with Crippen molar-refractivity contribution < 1.29 is 14.6 Å². The molecule has 1 aromatic heterocycles. The predicted molar refractivity (Wildman–Crippen MR) is 45.8 cm³/mol. The quantitative estimate of drug-likeness (QED) is 0.594. The highest BCUT2D eigenvalue weighted by Gasteiger charge is 2.08. The van der Waals surface area contributed by atoms with E-state index < -0.39 is 5.75 Å². The van der Waals surface area contributed by atoms with Crippen molar-refractivity contribution >= 4 is 11.0 Å². The van der Waals surface area contributed by atoms with Gasteiger partial charge in [0.05, 0.1) is 11.6 Å². The van der Waals surface area contributed by atoms with Crippen LogP contribution in [0.1, 0.15) is 0 Å². The first-order valence-corrected chi connectivity index (χ1v) is 3.62. The Labute approximate surface area is 72.7 Å². The van der Waals surface area contributed by atoms with Crippen molar-refractivity contribution in [2.24, 2.45) is 0 Å². The molecule has 2 aromatic rings. The van der Waals surface area contributed by atoms with Crippen LogP contribution in [0.3, 0.4) is 0 Å². The molecule has 0 radical (unpaired) electrons. The number of rotatable bonds is 0. The Balaban J connectivity index is 3.03. The summed E-state index contributed by atoms with van der Waals surface area (Å²) < 4.78 is 4.89. The van der Waals surface area contributed by atoms with E-state index in [1.54, 1.807) is 0 Å². The van der Waals surface area contributed by atoms with E-state index >= 15 is 0 Å². The number of fused-ring (bicyclic) bond motifs is 1. The molecule has 0 aliphatic carbocycles. The molecular formula is C9H6O4. The van der Waals surface area contributed by atoms with Gasteiger partial charge in [-0.2, -0.15) is 0 Å². The smallest absolute Gasteiger partial charge is 0.201 e. The molecule has 0 fully saturated rings. The second kappa shape index (κ2) is 2.52. The topological polar surface area (TPSA) is 70.7 Å². The maximum atomic E-state index is 11.2. The van der Waals surface area contributed by atoms with Gasteiger partial charge in [0, 0.05) is 6.07 Å². The summed E-state index contributed by atoms with van der Waals surface area (Å²) in [7, 11) is 0. The lowest BCUT2D eigenvalue weighted by atomic mass is 10.2. The molecule has 0 atom stereocenters. The standard InChI is InChI=1S/C9H6O4/c10-6-3-4-13-9-5(6)1-2-7(11)8(9)12/h1-4,11-12H. The van der Waals surface area contributed by atoms with Crippen molar-refractivity contribution in [2.45, 2.75) is 0 Å². The minimum atomic E-state index is -0.407. The predicted octanol–water partition coefficient (Wildman–Crippen LogP) is 1.20. The van der Waals surface area contributed by atoms with Crippen LogP contribution in [-0.4, -0.2) is 10.2 Å². The molecular weight excluding hydrogens is 172 g/mol. The second-order valence-corrected chi connectivity index (χ2v) is 2.59. The fraction of sp³-hybridized carbons (Fsp3) is 0. The average Bonchev–Trinajstić information content (AvgIpc) is 2.12. The van der Waals surface area contributed by atoms with Gasteiger partial charge in [-0.3, -0.25) is 4.79 Å². The van der Waals surface area contributed by atoms with Crippen LogP contribution >= 0.6 is 0 Å². The van der Waals surface area contributed by atoms with Gasteiger partial charge in [-0.25, -0.2) is 0 Å². The van der Waals surface area contributed by atoms with Crippen LogP contribution in [0.25, 0.3) is 11.0 Å². The van der Waals surface area contributed by atoms with E-state index in [-0.39, 0.29) is 22.1 Å². The molecule has 1 heterocycles. The molecule has 0 saturated heterocycles. The average molecular weight is 178 g/mol. The van der Waals surface area contributed by atoms with Gasteiger partial charge in [-0.1, -0.05) is 0 Å². The highest BCUT2D eigenvalue weighted by Crippen LogP contribution is 2.31. The summed E-state index contributed by atoms with van der Waals surface area (Å²) in [5.41, 5.74) is -0.246. The van der Waals surface area contributed by atoms with E-state index in [9.17, 15) is 9.90 Å². The largest absolute Gasteiger partial charge is 0.504 e. The Morgan fingerprint density at radius 3 is 2.69 bits per heavy atom. The molecule has 2 N–H and O–H groups in total. The van der Waals surface area contributed by atoms with Gasteiger partial charge in [-0.15, -0.1) is 0 Å². The molecule has 66 valence electrons. The zero-order chi connectivity index (χ0) is 9.42. The lowest BCUT2D eigenvalue weighted by Gasteiger charge is -1.99. The summed E-state index contributed by atoms with van der Waals surface area (Å²) in [4.78, 5) is 11.2. The SMILES string of the molecule is O=c1ccoc2c(O)c(O)ccc12. The molecule has 0 unspecified atom stereocenters. The fourth-order valence-electron chi connectivity index (χ4n) is 1.13. The Morgan fingerprint density at radius 2 is 1.92 bits per heavy atom. The fourth-order valence-corrected chi connectivity index (χ4v) is 1.13. The highest BCUT2D eigenvalue weighted by molar-refractivity contribution is 5.84. The minimum Gasteiger partial charge on any atom is -0.504 e. The van der Waals surface area contributed by atoms with E-state index in [2.05, 4.69) is 0 Å². The van der Waals surface area contributed by atoms with Crippen molar-refractivity contribution in [3.8, 4) is 11.5 Å². The van der Waals surface area contributed by atoms with Crippen LogP contribution in [0, 0.1) is 0 Å². The molecule has 0 aliphatic rings. The summed E-state index contributed by atoms with van der Waals surface area (Å²) in [6.07, 6.45) is 1.17. The number of hydrogen-bond donors (Lipinski definition) is 2. The Kier molecular flexibility index (Phi) is 1.48. The lowest BCUT2D eigenvalue weighted by Crippen LogP contribution is -1.97. The maximum Gasteiger partial charge on any atom is 0.201 e. The van der Waals surface area contributed by atoms with Crippen molar-refractivity contribution in [2.75, 3.05) is 0 Å². The van der Waals surface area contributed by atoms with Crippen LogP contribution in [0.15, 0.2) is 33.7 Å². The van der Waals surface area contributed by atoms with Gasteiger partial charge < -0.3 is 14.6 Å². The van der Waals surface area contributed by atoms with Crippen molar-refractivity contribution in [3.63, 3.8) is 0 Å². The first kappa shape index (κ1) is 7.67. The number of hydrogen-bond acceptors (Lipinski definition) is 4. The van der Waals surface area contributed by atoms with Crippen LogP contribution in [0.4, 0.5) is 0 Å². The van der Waals surface area contributed by atoms with Crippen LogP contribution in [-0.2, 0) is 0 Å². The van der Waals surface area contributed by atoms with Gasteiger partial charge in [0.25, 0.3) is 0 Å². The van der Waals surface area contributed by atoms with E-state index in [0.29, 0.717) is 0 Å². The molecule has 13 heavy (non-hydrogen) atoms. The molecule has 0 bridgehead atoms. The van der Waals surface area contributed by atoms with E-state index in [1.165, 1.54) is 24.5 Å². The molecule has 4 heteroatoms. The Bertz CT molecular complexity index is 512. The molecule has 0 amide bonds. The van der Waals surface area contributed by atoms with Gasteiger partial charge in [0.15, 0.2) is 16.8 Å². The monoisotopic (exact) mass is 178 g/mol. The van der Waals surface area contributed by atoms with Gasteiger partial charge in [0.1, 0.15) is 0 Å². The Morgan fingerprint density at radius 1 is 1.15 bits per heavy atom. The first-order chi connectivity index (χ1) is 6.20. The van der Waals surface area contributed by atoms with Gasteiger partial charge >= 0.3 is 0 Å². The number of aromatic hydroxyl groups is 2. The highest BCUT2D eigenvalue weighted by atomic mass is 16.4. The van der Waals surface area contributed by atoms with Gasteiger partial charge in [0.2, 0.25) is 5.75 Å². The van der Waals surface area contributed by atoms with E-state index in [1.807, 2.05) is 0 Å². The van der Waals surface area contributed by atoms with Gasteiger partial charge in [-0.05, 0) is 12.1 Å². The van der Waals surface area contributed by atoms with Crippen LogP contribution in [0.2, 0.25) is 0 Å². The molecule has 4 nitrogen and oxygen atoms in total. The summed E-state index contributed by atoms with van der Waals surface area (Å²) in [5, 5.41) is 18.6. The maximum absolute atomic E-state index is 11.2. The van der Waals surface area contributed by atoms with Crippen LogP contribution < -0.4 is 5.43 Å². The minimum absolute atomic E-state index is 0.00694. The van der Waals surface area contributed by atoms with E-state index in [4.69, 9.17) is 9.52 Å². The molecule has 0 aliphatic heterocycles. The zero-order valence-corrected chi connectivity index (χ0v) is 6.52. The van der Waals surface area contributed by atoms with Crippen molar-refractivity contribution in [1.82, 2.24) is 0 Å². The Hall–Kier alpha value is -1.97. The third kappa shape index (κ3) is 1.03. The third-order valence-corrected chi connectivity index (χ3v) is 1.78. The second-order valence-electron chi connectivity index (χ2n) is 2.59. The molecule has 0 saturated carbocycles. The summed E-state index contributed by atoms with van der Waals surface area (Å²) in [5.74, 6) is -0.711. The first-order valence-electron chi connectivity index (χ1n) is 3.62. The third-order valence-electron chi connectivity index (χ3n) is 1.78. The molecule has 2 rings (SSSR count). The lowest BCUT2D eigenvalue weighted by molar-refractivity contribution is 0.399. The van der Waals surface area contributed by atoms with Crippen molar-refractivity contribution in [3.05, 3.63) is 34.7 Å². The molecule has 0 spiro atoms. The number of phenolic OH excluding ortho intramolecular Hbond substituents is 2. The summed E-state index contributed by atoms with van der Waals surface area (Å²) >= 11 is 0. The zero-order valence-electron chi connectivity index (χ0n) is 6.52. The number of phenols is 2. The summed E-state index contributed by atoms with van der Waals surface area (Å²) in [6.45, 7) is 0.